The number of hydrogen-bond acceptors (Lipinski definition) is 4. The molecule has 156 valence electrons. The van der Waals surface area contributed by atoms with Crippen LogP contribution in [0.4, 0.5) is 0 Å². The fourth-order valence-corrected chi connectivity index (χ4v) is 4.27. The third-order valence-corrected chi connectivity index (χ3v) is 6.17. The van der Waals surface area contributed by atoms with Gasteiger partial charge in [0.25, 0.3) is 0 Å². The molecule has 0 N–H and O–H groups in total. The number of ether oxygens (including phenoxy) is 1. The Morgan fingerprint density at radius 1 is 1.07 bits per heavy atom. The number of unbranched alkanes of at least 4 members (excludes halogenated alkanes) is 2. The minimum Gasteiger partial charge on any atom is -0.425 e. The van der Waals surface area contributed by atoms with Crippen LogP contribution < -0.4 is 4.74 Å². The Labute approximate surface area is 179 Å². The van der Waals surface area contributed by atoms with Crippen LogP contribution in [0.25, 0.3) is 11.1 Å². The van der Waals surface area contributed by atoms with Crippen LogP contribution in [0.2, 0.25) is 5.02 Å². The fourth-order valence-electron chi connectivity index (χ4n) is 4.05. The molecule has 0 atom stereocenters. The molecule has 1 saturated carbocycles. The van der Waals surface area contributed by atoms with Crippen LogP contribution in [0.15, 0.2) is 30.6 Å². The highest BCUT2D eigenvalue weighted by Gasteiger charge is 2.23. The minimum atomic E-state index is -0.299. The molecular formula is C24H31ClN2O2. The zero-order chi connectivity index (χ0) is 20.6. The Morgan fingerprint density at radius 2 is 1.79 bits per heavy atom. The summed E-state index contributed by atoms with van der Waals surface area (Å²) in [6, 6.07) is 5.39. The minimum absolute atomic E-state index is 0.299. The fraction of sp³-hybridized carbons (Fsp3) is 0.542. The van der Waals surface area contributed by atoms with Crippen molar-refractivity contribution in [3.05, 3.63) is 41.4 Å². The number of benzene rings is 1. The summed E-state index contributed by atoms with van der Waals surface area (Å²) >= 11 is 6.27. The van der Waals surface area contributed by atoms with E-state index in [9.17, 15) is 4.79 Å². The van der Waals surface area contributed by atoms with Crippen LogP contribution in [0.1, 0.15) is 83.4 Å². The molecule has 1 fully saturated rings. The maximum atomic E-state index is 11.5. The van der Waals surface area contributed by atoms with Crippen molar-refractivity contribution in [1.29, 1.82) is 0 Å². The van der Waals surface area contributed by atoms with Gasteiger partial charge in [0.15, 0.2) is 0 Å². The molecule has 0 bridgehead atoms. The molecule has 1 aromatic carbocycles. The van der Waals surface area contributed by atoms with Crippen molar-refractivity contribution in [2.45, 2.75) is 77.6 Å². The zero-order valence-corrected chi connectivity index (χ0v) is 18.3. The Morgan fingerprint density at radius 3 is 2.41 bits per heavy atom. The molecule has 29 heavy (non-hydrogen) atoms. The molecule has 0 amide bonds. The van der Waals surface area contributed by atoms with Crippen LogP contribution in [0.3, 0.4) is 0 Å². The number of halogens is 1. The van der Waals surface area contributed by atoms with Gasteiger partial charge in [0, 0.05) is 30.3 Å². The molecule has 0 unspecified atom stereocenters. The zero-order valence-electron chi connectivity index (χ0n) is 17.5. The van der Waals surface area contributed by atoms with Gasteiger partial charge >= 0.3 is 5.97 Å². The summed E-state index contributed by atoms with van der Waals surface area (Å²) in [6.45, 7) is 4.02. The number of esters is 1. The van der Waals surface area contributed by atoms with Crippen LogP contribution in [-0.2, 0) is 4.79 Å². The van der Waals surface area contributed by atoms with Crippen molar-refractivity contribution in [3.8, 4) is 16.9 Å². The van der Waals surface area contributed by atoms with E-state index in [2.05, 4.69) is 16.9 Å². The molecular weight excluding hydrogens is 384 g/mol. The third kappa shape index (κ3) is 6.02. The lowest BCUT2D eigenvalue weighted by Crippen LogP contribution is -2.15. The van der Waals surface area contributed by atoms with Gasteiger partial charge in [-0.1, -0.05) is 57.2 Å². The first-order valence-corrected chi connectivity index (χ1v) is 11.3. The van der Waals surface area contributed by atoms with E-state index in [1.54, 1.807) is 19.1 Å². The number of aromatic nitrogens is 2. The summed E-state index contributed by atoms with van der Waals surface area (Å²) < 4.78 is 5.22. The van der Waals surface area contributed by atoms with Gasteiger partial charge in [0.2, 0.25) is 0 Å². The highest BCUT2D eigenvalue weighted by atomic mass is 35.5. The Hall–Kier alpha value is -1.94. The molecule has 1 heterocycles. The van der Waals surface area contributed by atoms with E-state index in [0.29, 0.717) is 23.1 Å². The molecule has 4 nitrogen and oxygen atoms in total. The second-order valence-electron chi connectivity index (χ2n) is 8.02. The van der Waals surface area contributed by atoms with Gasteiger partial charge in [0.1, 0.15) is 11.6 Å². The first-order valence-electron chi connectivity index (χ1n) is 10.9. The Bertz CT molecular complexity index is 799. The topological polar surface area (TPSA) is 52.1 Å². The lowest BCUT2D eigenvalue weighted by molar-refractivity contribution is -0.134. The second-order valence-corrected chi connectivity index (χ2v) is 8.42. The molecule has 0 aliphatic heterocycles. The summed E-state index contributed by atoms with van der Waals surface area (Å²) in [4.78, 5) is 20.8. The molecule has 0 saturated heterocycles. The molecule has 1 aliphatic rings. The Kier molecular flexibility index (Phi) is 8.05. The van der Waals surface area contributed by atoms with Crippen molar-refractivity contribution < 1.29 is 9.53 Å². The van der Waals surface area contributed by atoms with Gasteiger partial charge in [-0.3, -0.25) is 4.79 Å². The Balaban J connectivity index is 1.59. The van der Waals surface area contributed by atoms with E-state index >= 15 is 0 Å². The van der Waals surface area contributed by atoms with E-state index in [-0.39, 0.29) is 5.97 Å². The van der Waals surface area contributed by atoms with E-state index < -0.39 is 0 Å². The number of nitrogens with zero attached hydrogens (tertiary/aromatic N) is 2. The van der Waals surface area contributed by atoms with Gasteiger partial charge in [-0.25, -0.2) is 9.97 Å². The van der Waals surface area contributed by atoms with E-state index in [0.717, 1.165) is 22.9 Å². The van der Waals surface area contributed by atoms with Crippen LogP contribution in [-0.4, -0.2) is 15.9 Å². The standard InChI is InChI=1S/C24H31ClN2O2/c1-3-5-6-7-17-8-10-18(11-9-17)24-26-15-20(16-27-24)19-12-13-22(21(25)14-19)29-23(28)4-2/h12-18H,3-11H2,1-2H3/t17-,18-. The summed E-state index contributed by atoms with van der Waals surface area (Å²) in [5.74, 6) is 2.41. The highest BCUT2D eigenvalue weighted by Crippen LogP contribution is 2.37. The average Bonchev–Trinajstić information content (AvgIpc) is 2.76. The third-order valence-electron chi connectivity index (χ3n) is 5.88. The van der Waals surface area contributed by atoms with E-state index in [1.165, 1.54) is 51.4 Å². The number of carbonyl (C=O) groups is 1. The molecule has 0 radical (unpaired) electrons. The lowest BCUT2D eigenvalue weighted by Gasteiger charge is -2.27. The first-order chi connectivity index (χ1) is 14.1. The van der Waals surface area contributed by atoms with E-state index in [4.69, 9.17) is 16.3 Å². The largest absolute Gasteiger partial charge is 0.425 e. The van der Waals surface area contributed by atoms with Crippen LogP contribution in [0.5, 0.6) is 5.75 Å². The van der Waals surface area contributed by atoms with Gasteiger partial charge < -0.3 is 4.74 Å². The van der Waals surface area contributed by atoms with Gasteiger partial charge in [-0.2, -0.15) is 0 Å². The SMILES string of the molecule is CCCCC[C@H]1CC[C@H](c2ncc(-c3ccc(OC(=O)CC)c(Cl)c3)cn2)CC1. The number of carbonyl (C=O) groups excluding carboxylic acids is 1. The van der Waals surface area contributed by atoms with E-state index in [1.807, 2.05) is 18.5 Å². The van der Waals surface area contributed by atoms with Crippen LogP contribution in [0, 0.1) is 5.92 Å². The second kappa shape index (κ2) is 10.7. The molecule has 1 aromatic heterocycles. The summed E-state index contributed by atoms with van der Waals surface area (Å²) in [5, 5.41) is 0.412. The maximum Gasteiger partial charge on any atom is 0.310 e. The predicted molar refractivity (Wildman–Crippen MR) is 117 cm³/mol. The molecule has 1 aliphatic carbocycles. The molecule has 5 heteroatoms. The summed E-state index contributed by atoms with van der Waals surface area (Å²) in [5.41, 5.74) is 1.83. The maximum absolute atomic E-state index is 11.5. The smallest absolute Gasteiger partial charge is 0.310 e. The van der Waals surface area contributed by atoms with Crippen molar-refractivity contribution in [3.63, 3.8) is 0 Å². The predicted octanol–water partition coefficient (Wildman–Crippen LogP) is 6.97. The monoisotopic (exact) mass is 414 g/mol. The number of hydrogen-bond donors (Lipinski definition) is 0. The number of rotatable bonds is 8. The van der Waals surface area contributed by atoms with Crippen molar-refractivity contribution in [1.82, 2.24) is 9.97 Å². The summed E-state index contributed by atoms with van der Waals surface area (Å²) in [6.07, 6.45) is 14.5. The van der Waals surface area contributed by atoms with Crippen LogP contribution >= 0.6 is 11.6 Å². The van der Waals surface area contributed by atoms with Gasteiger partial charge in [0.05, 0.1) is 5.02 Å². The van der Waals surface area contributed by atoms with Crippen molar-refractivity contribution in [2.75, 3.05) is 0 Å². The summed E-state index contributed by atoms with van der Waals surface area (Å²) in [7, 11) is 0. The molecule has 3 rings (SSSR count). The molecule has 0 spiro atoms. The normalized spacial score (nSPS) is 19.1. The lowest BCUT2D eigenvalue weighted by atomic mass is 9.79. The van der Waals surface area contributed by atoms with Gasteiger partial charge in [-0.15, -0.1) is 0 Å². The first kappa shape index (κ1) is 21.8. The molecule has 2 aromatic rings. The van der Waals surface area contributed by atoms with Crippen molar-refractivity contribution >= 4 is 17.6 Å². The van der Waals surface area contributed by atoms with Gasteiger partial charge in [-0.05, 0) is 49.3 Å². The average molecular weight is 415 g/mol. The highest BCUT2D eigenvalue weighted by molar-refractivity contribution is 6.32. The quantitative estimate of drug-likeness (QED) is 0.266. The van der Waals surface area contributed by atoms with Crippen molar-refractivity contribution in [2.24, 2.45) is 5.92 Å².